The lowest BCUT2D eigenvalue weighted by molar-refractivity contribution is -0.928. The molecule has 0 rings (SSSR count). The van der Waals surface area contributed by atoms with Crippen molar-refractivity contribution in [3.63, 3.8) is 0 Å². The maximum Gasteiger partial charge on any atom is 0.305 e. The molecule has 3 N–H and O–H groups in total. The molecule has 0 atom stereocenters. The second-order valence-electron chi connectivity index (χ2n) is 9.03. The molecule has 12 nitrogen and oxygen atoms in total. The minimum absolute atomic E-state index is 0.0586. The summed E-state index contributed by atoms with van der Waals surface area (Å²) < 4.78 is 79.7. The van der Waals surface area contributed by atoms with Crippen molar-refractivity contribution in [2.24, 2.45) is 0 Å². The molecule has 0 saturated heterocycles. The molecule has 0 radical (unpaired) electrons. The van der Waals surface area contributed by atoms with Crippen molar-refractivity contribution in [1.82, 2.24) is 0 Å². The van der Waals surface area contributed by atoms with Gasteiger partial charge in [0.2, 0.25) is 0 Å². The van der Waals surface area contributed by atoms with E-state index in [1.165, 1.54) is 0 Å². The summed E-state index contributed by atoms with van der Waals surface area (Å²) in [5.74, 6) is -1.66. The summed E-state index contributed by atoms with van der Waals surface area (Å²) in [5, 5.41) is 8.53. The second kappa shape index (κ2) is 18.6. The minimum Gasteiger partial charge on any atom is -0.481 e. The molecule has 35 heavy (non-hydrogen) atoms. The smallest absolute Gasteiger partial charge is 0.305 e. The highest BCUT2D eigenvalue weighted by Crippen LogP contribution is 2.15. The fraction of sp³-hybridized carbons (Fsp3) is 0.950. The molecule has 0 aliphatic rings. The Morgan fingerprint density at radius 1 is 0.714 bits per heavy atom. The molecule has 0 spiro atoms. The first kappa shape index (κ1) is 34.3. The third-order valence-electron chi connectivity index (χ3n) is 5.40. The predicted octanol–water partition coefficient (Wildman–Crippen LogP) is 0.760. The molecule has 0 aliphatic heterocycles. The van der Waals surface area contributed by atoms with Gasteiger partial charge in [0.05, 0.1) is 77.2 Å². The summed E-state index contributed by atoms with van der Waals surface area (Å²) in [7, 11) is -9.00. The first-order valence-electron chi connectivity index (χ1n) is 12.0. The molecule has 0 aromatic rings. The number of carboxylic acids is 1. The van der Waals surface area contributed by atoms with Gasteiger partial charge in [0, 0.05) is 21.6 Å². The van der Waals surface area contributed by atoms with Crippen LogP contribution < -0.4 is 0 Å². The average Bonchev–Trinajstić information content (AvgIpc) is 2.69. The van der Waals surface area contributed by atoms with Crippen molar-refractivity contribution in [3.05, 3.63) is 0 Å². The quantitative estimate of drug-likeness (QED) is 0.0651. The van der Waals surface area contributed by atoms with Crippen molar-refractivity contribution in [3.8, 4) is 0 Å². The molecule has 0 amide bonds. The van der Waals surface area contributed by atoms with Crippen LogP contribution in [0.25, 0.3) is 0 Å². The van der Waals surface area contributed by atoms with Crippen LogP contribution in [-0.2, 0) is 39.2 Å². The highest BCUT2D eigenvalue weighted by molar-refractivity contribution is 7.86. The van der Waals surface area contributed by atoms with Crippen LogP contribution in [0.1, 0.15) is 25.7 Å². The zero-order chi connectivity index (χ0) is 26.8. The Morgan fingerprint density at radius 3 is 1.57 bits per heavy atom. The maximum absolute atomic E-state index is 11.2. The van der Waals surface area contributed by atoms with Gasteiger partial charge < -0.3 is 23.8 Å². The first-order chi connectivity index (χ1) is 16.2. The van der Waals surface area contributed by atoms with Crippen LogP contribution in [0.3, 0.4) is 0 Å². The Balaban J connectivity index is 4.73. The number of ether oxygens (including phenoxy) is 3. The predicted molar refractivity (Wildman–Crippen MR) is 135 cm³/mol. The van der Waals surface area contributed by atoms with Gasteiger partial charge in [0.25, 0.3) is 20.2 Å². The summed E-state index contributed by atoms with van der Waals surface area (Å²) in [6.45, 7) is 8.37. The lowest BCUT2D eigenvalue weighted by Crippen LogP contribution is -2.53. The topological polar surface area (TPSA) is 174 Å². The van der Waals surface area contributed by atoms with E-state index in [-0.39, 0.29) is 44.0 Å². The van der Waals surface area contributed by atoms with E-state index < -0.39 is 35.0 Å². The van der Waals surface area contributed by atoms with Crippen LogP contribution in [-0.4, -0.2) is 128 Å². The molecule has 0 unspecified atom stereocenters. The Hall–Kier alpha value is -0.653. The number of nitrogens with zero attached hydrogens (tertiary/aromatic N) is 1. The molecule has 0 heterocycles. The van der Waals surface area contributed by atoms with E-state index in [9.17, 15) is 21.6 Å². The fourth-order valence-electron chi connectivity index (χ4n) is 3.63. The molecule has 0 fully saturated rings. The molecular formula is C20H44NO11S2Si+. The summed E-state index contributed by atoms with van der Waals surface area (Å²) in [6.07, 6.45) is 1.33. The van der Waals surface area contributed by atoms with Crippen LogP contribution in [0.5, 0.6) is 0 Å². The van der Waals surface area contributed by atoms with E-state index in [0.29, 0.717) is 50.5 Å². The lowest BCUT2D eigenvalue weighted by Gasteiger charge is -2.39. The van der Waals surface area contributed by atoms with Gasteiger partial charge in [-0.3, -0.25) is 13.9 Å². The average molecular weight is 567 g/mol. The molecule has 0 aromatic carbocycles. The largest absolute Gasteiger partial charge is 0.481 e. The standard InChI is InChI=1S/C20H43NO11S2Si/c1-35(2)19-5-9-21(7-3-17-33(24,25)26,8-4-18-34(27,28)29)10-12-31-14-16-32-15-13-30-11-6-20(22)23/h35H,3-19H2,1-2H3,(H2-,22,23,24,25,26,27,28,29)/p+1. The molecule has 0 aromatic heterocycles. The van der Waals surface area contributed by atoms with Crippen LogP contribution in [0.2, 0.25) is 19.1 Å². The van der Waals surface area contributed by atoms with Crippen molar-refractivity contribution < 1.29 is 54.5 Å². The van der Waals surface area contributed by atoms with Gasteiger partial charge in [-0.1, -0.05) is 19.1 Å². The van der Waals surface area contributed by atoms with Crippen LogP contribution in [0, 0.1) is 0 Å². The molecule has 210 valence electrons. The molecule has 15 heteroatoms. The van der Waals surface area contributed by atoms with Gasteiger partial charge >= 0.3 is 5.97 Å². The molecular weight excluding hydrogens is 522 g/mol. The van der Waals surface area contributed by atoms with Crippen LogP contribution in [0.4, 0.5) is 0 Å². The number of rotatable bonds is 24. The van der Waals surface area contributed by atoms with Crippen LogP contribution >= 0.6 is 0 Å². The summed E-state index contributed by atoms with van der Waals surface area (Å²) in [4.78, 5) is 10.4. The maximum atomic E-state index is 11.2. The molecule has 0 aliphatic carbocycles. The highest BCUT2D eigenvalue weighted by atomic mass is 32.2. The summed E-state index contributed by atoms with van der Waals surface area (Å²) in [5.41, 5.74) is 0. The van der Waals surface area contributed by atoms with Gasteiger partial charge in [-0.25, -0.2) is 0 Å². The Labute approximate surface area is 211 Å². The monoisotopic (exact) mass is 566 g/mol. The zero-order valence-corrected chi connectivity index (χ0v) is 23.8. The van der Waals surface area contributed by atoms with Crippen molar-refractivity contribution in [2.45, 2.75) is 44.8 Å². The number of carboxylic acid groups (broad SMARTS) is 1. The van der Waals surface area contributed by atoms with Crippen molar-refractivity contribution in [2.75, 3.05) is 77.3 Å². The first-order valence-corrected chi connectivity index (χ1v) is 18.3. The normalized spacial score (nSPS) is 12.9. The SMILES string of the molecule is C[SiH](C)CCC[N+](CCCS(=O)(=O)O)(CCCS(=O)(=O)O)CCOCCOCCOCCC(=O)O. The molecule has 0 bridgehead atoms. The van der Waals surface area contributed by atoms with Gasteiger partial charge in [-0.05, 0) is 6.42 Å². The summed E-state index contributed by atoms with van der Waals surface area (Å²) in [6, 6.07) is 1.10. The Bertz CT molecular complexity index is 738. The minimum atomic E-state index is -4.10. The van der Waals surface area contributed by atoms with Crippen molar-refractivity contribution in [1.29, 1.82) is 0 Å². The summed E-state index contributed by atoms with van der Waals surface area (Å²) >= 11 is 0. The second-order valence-corrected chi connectivity index (χ2v) is 15.5. The van der Waals surface area contributed by atoms with Gasteiger partial charge in [-0.15, -0.1) is 0 Å². The van der Waals surface area contributed by atoms with E-state index >= 15 is 0 Å². The highest BCUT2D eigenvalue weighted by Gasteiger charge is 2.28. The number of hydrogen-bond acceptors (Lipinski definition) is 8. The fourth-order valence-corrected chi connectivity index (χ4v) is 5.62. The van der Waals surface area contributed by atoms with Gasteiger partial charge in [-0.2, -0.15) is 16.8 Å². The zero-order valence-electron chi connectivity index (χ0n) is 21.0. The number of aliphatic carboxylic acids is 1. The lowest BCUT2D eigenvalue weighted by atomic mass is 10.2. The van der Waals surface area contributed by atoms with Gasteiger partial charge in [0.15, 0.2) is 0 Å². The third-order valence-corrected chi connectivity index (χ3v) is 8.57. The molecule has 0 saturated carbocycles. The Morgan fingerprint density at radius 2 is 1.14 bits per heavy atom. The van der Waals surface area contributed by atoms with E-state index in [1.807, 2.05) is 0 Å². The number of hydrogen-bond donors (Lipinski definition) is 3. The van der Waals surface area contributed by atoms with E-state index in [2.05, 4.69) is 13.1 Å². The third kappa shape index (κ3) is 23.5. The van der Waals surface area contributed by atoms with E-state index in [4.69, 9.17) is 28.4 Å². The number of carbonyl (C=O) groups is 1. The van der Waals surface area contributed by atoms with Gasteiger partial charge in [0.1, 0.15) is 6.54 Å². The van der Waals surface area contributed by atoms with E-state index in [0.717, 1.165) is 19.0 Å². The van der Waals surface area contributed by atoms with Crippen LogP contribution in [0.15, 0.2) is 0 Å². The van der Waals surface area contributed by atoms with Crippen molar-refractivity contribution >= 4 is 35.0 Å². The Kier molecular flexibility index (Phi) is 18.2. The van der Waals surface area contributed by atoms with E-state index in [1.54, 1.807) is 0 Å². The number of quaternary nitrogens is 1.